The highest BCUT2D eigenvalue weighted by molar-refractivity contribution is 9.10. The molecule has 7 heteroatoms. The second kappa shape index (κ2) is 11.9. The number of carbonyl (C=O) groups is 2. The fourth-order valence-electron chi connectivity index (χ4n) is 3.09. The lowest BCUT2D eigenvalue weighted by Gasteiger charge is -2.13. The van der Waals surface area contributed by atoms with E-state index in [4.69, 9.17) is 9.47 Å². The van der Waals surface area contributed by atoms with Crippen molar-refractivity contribution in [3.63, 3.8) is 0 Å². The molecule has 2 N–H and O–H groups in total. The predicted molar refractivity (Wildman–Crippen MR) is 130 cm³/mol. The average molecular weight is 510 g/mol. The van der Waals surface area contributed by atoms with Gasteiger partial charge in [0.1, 0.15) is 12.6 Å². The Balaban J connectivity index is 1.61. The average Bonchev–Trinajstić information content (AvgIpc) is 2.82. The van der Waals surface area contributed by atoms with E-state index in [1.165, 1.54) is 6.08 Å². The number of hydrogen-bond donors (Lipinski definition) is 2. The number of nitrogens with one attached hydrogen (secondary N) is 1. The topological polar surface area (TPSA) is 84.9 Å². The molecule has 6 nitrogen and oxygen atoms in total. The molecular weight excluding hydrogens is 486 g/mol. The van der Waals surface area contributed by atoms with E-state index in [-0.39, 0.29) is 6.42 Å². The number of methoxy groups -OCH3 is 1. The summed E-state index contributed by atoms with van der Waals surface area (Å²) in [6.45, 7) is 0.388. The zero-order chi connectivity index (χ0) is 23.6. The fraction of sp³-hybridized carbons (Fsp3) is 0.154. The summed E-state index contributed by atoms with van der Waals surface area (Å²) >= 11 is 3.41. The summed E-state index contributed by atoms with van der Waals surface area (Å²) in [6, 6.07) is 21.3. The molecule has 170 valence electrons. The van der Waals surface area contributed by atoms with Crippen molar-refractivity contribution in [1.29, 1.82) is 0 Å². The molecule has 0 fully saturated rings. The number of rotatable bonds is 10. The van der Waals surface area contributed by atoms with Gasteiger partial charge in [-0.2, -0.15) is 0 Å². The van der Waals surface area contributed by atoms with Gasteiger partial charge in [0.2, 0.25) is 5.91 Å². The van der Waals surface area contributed by atoms with Crippen LogP contribution in [0.25, 0.3) is 6.08 Å². The monoisotopic (exact) mass is 509 g/mol. The Morgan fingerprint density at radius 2 is 1.73 bits per heavy atom. The maximum atomic E-state index is 12.3. The molecule has 0 heterocycles. The minimum Gasteiger partial charge on any atom is -0.493 e. The third kappa shape index (κ3) is 7.50. The zero-order valence-electron chi connectivity index (χ0n) is 18.0. The third-order valence-electron chi connectivity index (χ3n) is 4.82. The Kier molecular flexibility index (Phi) is 8.66. The van der Waals surface area contributed by atoms with Gasteiger partial charge < -0.3 is 19.9 Å². The normalized spacial score (nSPS) is 11.7. The zero-order valence-corrected chi connectivity index (χ0v) is 19.6. The molecule has 3 aromatic carbocycles. The van der Waals surface area contributed by atoms with Crippen LogP contribution < -0.4 is 14.8 Å². The number of aliphatic carboxylic acids is 1. The van der Waals surface area contributed by atoms with Crippen molar-refractivity contribution in [2.24, 2.45) is 0 Å². The van der Waals surface area contributed by atoms with Crippen LogP contribution in [0.4, 0.5) is 0 Å². The Hall–Kier alpha value is -3.58. The van der Waals surface area contributed by atoms with Crippen molar-refractivity contribution in [1.82, 2.24) is 5.32 Å². The van der Waals surface area contributed by atoms with Crippen LogP contribution in [0.5, 0.6) is 11.5 Å². The van der Waals surface area contributed by atoms with E-state index >= 15 is 0 Å². The smallest absolute Gasteiger partial charge is 0.326 e. The Bertz CT molecular complexity index is 1110. The lowest BCUT2D eigenvalue weighted by molar-refractivity contribution is -0.141. The van der Waals surface area contributed by atoms with Crippen LogP contribution in [0.3, 0.4) is 0 Å². The van der Waals surface area contributed by atoms with Crippen molar-refractivity contribution < 1.29 is 24.2 Å². The summed E-state index contributed by atoms with van der Waals surface area (Å²) in [4.78, 5) is 23.8. The Morgan fingerprint density at radius 3 is 2.39 bits per heavy atom. The highest BCUT2D eigenvalue weighted by atomic mass is 79.9. The molecule has 1 atom stereocenters. The number of benzene rings is 3. The molecule has 0 saturated carbocycles. The quantitative estimate of drug-likeness (QED) is 0.381. The van der Waals surface area contributed by atoms with E-state index in [2.05, 4.69) is 21.2 Å². The predicted octanol–water partition coefficient (Wildman–Crippen LogP) is 4.86. The van der Waals surface area contributed by atoms with E-state index in [0.717, 1.165) is 15.6 Å². The fourth-order valence-corrected chi connectivity index (χ4v) is 3.35. The molecule has 0 unspecified atom stereocenters. The first-order valence-electron chi connectivity index (χ1n) is 10.2. The van der Waals surface area contributed by atoms with Crippen molar-refractivity contribution in [2.45, 2.75) is 19.1 Å². The van der Waals surface area contributed by atoms with Crippen LogP contribution in [0.2, 0.25) is 0 Å². The molecule has 0 saturated heterocycles. The number of carbonyl (C=O) groups excluding carboxylic acids is 1. The molecule has 0 aliphatic heterocycles. The molecule has 1 amide bonds. The minimum atomic E-state index is -1.09. The van der Waals surface area contributed by atoms with Gasteiger partial charge in [0.05, 0.1) is 7.11 Å². The lowest BCUT2D eigenvalue weighted by Crippen LogP contribution is -2.41. The van der Waals surface area contributed by atoms with Crippen LogP contribution in [-0.4, -0.2) is 30.1 Å². The highest BCUT2D eigenvalue weighted by Crippen LogP contribution is 2.29. The van der Waals surface area contributed by atoms with Crippen molar-refractivity contribution in [3.05, 3.63) is 100 Å². The van der Waals surface area contributed by atoms with Crippen molar-refractivity contribution >= 4 is 33.9 Å². The van der Waals surface area contributed by atoms with Crippen molar-refractivity contribution in [3.8, 4) is 11.5 Å². The van der Waals surface area contributed by atoms with E-state index in [9.17, 15) is 14.7 Å². The molecule has 0 aliphatic carbocycles. The molecule has 0 radical (unpaired) electrons. The largest absolute Gasteiger partial charge is 0.493 e. The van der Waals surface area contributed by atoms with Gasteiger partial charge in [-0.05, 0) is 47.0 Å². The first-order chi connectivity index (χ1) is 15.9. The Labute approximate surface area is 201 Å². The van der Waals surface area contributed by atoms with Gasteiger partial charge in [-0.25, -0.2) is 4.79 Å². The molecule has 3 aromatic rings. The summed E-state index contributed by atoms with van der Waals surface area (Å²) < 4.78 is 12.3. The van der Waals surface area contributed by atoms with E-state index < -0.39 is 17.9 Å². The van der Waals surface area contributed by atoms with Crippen LogP contribution in [0, 0.1) is 0 Å². The number of amides is 1. The van der Waals surface area contributed by atoms with Gasteiger partial charge in [-0.3, -0.25) is 4.79 Å². The lowest BCUT2D eigenvalue weighted by atomic mass is 10.1. The van der Waals surface area contributed by atoms with E-state index in [1.54, 1.807) is 31.4 Å². The molecule has 33 heavy (non-hydrogen) atoms. The first-order valence-corrected chi connectivity index (χ1v) is 11.0. The maximum Gasteiger partial charge on any atom is 0.326 e. The number of halogens is 1. The van der Waals surface area contributed by atoms with E-state index in [0.29, 0.717) is 23.7 Å². The summed E-state index contributed by atoms with van der Waals surface area (Å²) in [5.41, 5.74) is 2.56. The number of ether oxygens (including phenoxy) is 2. The third-order valence-corrected chi connectivity index (χ3v) is 5.35. The van der Waals surface area contributed by atoms with Crippen LogP contribution in [0.1, 0.15) is 16.7 Å². The highest BCUT2D eigenvalue weighted by Gasteiger charge is 2.19. The number of carboxylic acids is 1. The SMILES string of the molecule is COc1cc(/C=C/C(=O)N[C@H](Cc2ccccc2)C(=O)O)ccc1OCc1ccc(Br)cc1. The molecule has 0 bridgehead atoms. The van der Waals surface area contributed by atoms with Crippen LogP contribution >= 0.6 is 15.9 Å². The van der Waals surface area contributed by atoms with Gasteiger partial charge in [-0.1, -0.05) is 64.5 Å². The second-order valence-corrected chi connectivity index (χ2v) is 8.16. The standard InChI is InChI=1S/C26H24BrNO5/c1-32-24-16-19(9-13-23(24)33-17-20-7-11-21(27)12-8-20)10-14-25(29)28-22(26(30)31)15-18-5-3-2-4-6-18/h2-14,16,22H,15,17H2,1H3,(H,28,29)(H,30,31)/b14-10+/t22-/m1/s1. The van der Waals surface area contributed by atoms with Gasteiger partial charge >= 0.3 is 5.97 Å². The van der Waals surface area contributed by atoms with E-state index in [1.807, 2.05) is 54.6 Å². The molecule has 0 aromatic heterocycles. The molecule has 0 aliphatic rings. The summed E-state index contributed by atoms with van der Waals surface area (Å²) in [5.74, 6) is -0.472. The minimum absolute atomic E-state index is 0.202. The second-order valence-electron chi connectivity index (χ2n) is 7.25. The summed E-state index contributed by atoms with van der Waals surface area (Å²) in [6.07, 6.45) is 3.10. The van der Waals surface area contributed by atoms with Gasteiger partial charge in [0.25, 0.3) is 0 Å². The molecule has 0 spiro atoms. The van der Waals surface area contributed by atoms with Crippen LogP contribution in [-0.2, 0) is 22.6 Å². The summed E-state index contributed by atoms with van der Waals surface area (Å²) in [7, 11) is 1.54. The van der Waals surface area contributed by atoms with Crippen molar-refractivity contribution in [2.75, 3.05) is 7.11 Å². The molecular formula is C26H24BrNO5. The molecule has 3 rings (SSSR count). The number of hydrogen-bond acceptors (Lipinski definition) is 4. The van der Waals surface area contributed by atoms with Crippen LogP contribution in [0.15, 0.2) is 83.3 Å². The van der Waals surface area contributed by atoms with Gasteiger partial charge in [-0.15, -0.1) is 0 Å². The van der Waals surface area contributed by atoms with Gasteiger partial charge in [0, 0.05) is 17.0 Å². The maximum absolute atomic E-state index is 12.3. The first kappa shape index (κ1) is 24.1. The number of carboxylic acid groups (broad SMARTS) is 1. The van der Waals surface area contributed by atoms with Gasteiger partial charge in [0.15, 0.2) is 11.5 Å². The Morgan fingerprint density at radius 1 is 1.00 bits per heavy atom. The summed E-state index contributed by atoms with van der Waals surface area (Å²) in [5, 5.41) is 12.0.